The minimum absolute atomic E-state index is 0.175. The van der Waals surface area contributed by atoms with E-state index in [4.69, 9.17) is 4.42 Å². The molecule has 0 radical (unpaired) electrons. The molecule has 0 saturated carbocycles. The Morgan fingerprint density at radius 2 is 1.95 bits per heavy atom. The third-order valence-electron chi connectivity index (χ3n) is 3.68. The SMILES string of the molecule is Cc1cc(F)c(C(C)NC(C)CCc2ccco2)cc1F. The number of benzene rings is 1. The lowest BCUT2D eigenvalue weighted by atomic mass is 10.0. The van der Waals surface area contributed by atoms with Crippen molar-refractivity contribution in [3.8, 4) is 0 Å². The maximum absolute atomic E-state index is 13.9. The Balaban J connectivity index is 1.94. The summed E-state index contributed by atoms with van der Waals surface area (Å²) in [5.41, 5.74) is 0.692. The molecule has 0 aliphatic carbocycles. The summed E-state index contributed by atoms with van der Waals surface area (Å²) in [5, 5.41) is 3.30. The quantitative estimate of drug-likeness (QED) is 0.846. The highest BCUT2D eigenvalue weighted by atomic mass is 19.1. The van der Waals surface area contributed by atoms with Gasteiger partial charge in [0.05, 0.1) is 6.26 Å². The van der Waals surface area contributed by atoms with E-state index in [1.807, 2.05) is 26.0 Å². The Kier molecular flexibility index (Phi) is 5.12. The van der Waals surface area contributed by atoms with Crippen LogP contribution in [0.1, 0.15) is 43.2 Å². The highest BCUT2D eigenvalue weighted by Gasteiger charge is 2.16. The van der Waals surface area contributed by atoms with Crippen LogP contribution in [0, 0.1) is 18.6 Å². The molecule has 2 nitrogen and oxygen atoms in total. The average Bonchev–Trinajstić information content (AvgIpc) is 2.93. The summed E-state index contributed by atoms with van der Waals surface area (Å²) in [7, 11) is 0. The molecule has 1 heterocycles. The summed E-state index contributed by atoms with van der Waals surface area (Å²) in [6.45, 7) is 5.44. The molecule has 0 aliphatic rings. The van der Waals surface area contributed by atoms with Gasteiger partial charge in [0.15, 0.2) is 0 Å². The van der Waals surface area contributed by atoms with E-state index in [0.717, 1.165) is 18.6 Å². The molecule has 0 fully saturated rings. The fourth-order valence-corrected chi connectivity index (χ4v) is 2.41. The number of halogens is 2. The van der Waals surface area contributed by atoms with E-state index in [1.165, 1.54) is 12.1 Å². The van der Waals surface area contributed by atoms with Gasteiger partial charge in [-0.25, -0.2) is 8.78 Å². The number of nitrogens with one attached hydrogen (secondary N) is 1. The minimum Gasteiger partial charge on any atom is -0.469 e. The van der Waals surface area contributed by atoms with Crippen LogP contribution < -0.4 is 5.32 Å². The van der Waals surface area contributed by atoms with Gasteiger partial charge in [-0.05, 0) is 57.0 Å². The molecule has 0 amide bonds. The molecule has 1 aromatic heterocycles. The standard InChI is InChI=1S/C17H21F2NO/c1-11-9-17(19)15(10-16(11)18)13(3)20-12(2)6-7-14-5-4-8-21-14/h4-5,8-10,12-13,20H,6-7H2,1-3H3. The Morgan fingerprint density at radius 1 is 1.19 bits per heavy atom. The lowest BCUT2D eigenvalue weighted by Gasteiger charge is -2.21. The lowest BCUT2D eigenvalue weighted by molar-refractivity contribution is 0.421. The van der Waals surface area contributed by atoms with E-state index in [9.17, 15) is 8.78 Å². The van der Waals surface area contributed by atoms with Crippen molar-refractivity contribution in [2.75, 3.05) is 0 Å². The molecule has 21 heavy (non-hydrogen) atoms. The Morgan fingerprint density at radius 3 is 2.62 bits per heavy atom. The summed E-state index contributed by atoms with van der Waals surface area (Å²) in [5.74, 6) is 0.194. The van der Waals surface area contributed by atoms with E-state index in [2.05, 4.69) is 5.32 Å². The number of furan rings is 1. The van der Waals surface area contributed by atoms with Crippen molar-refractivity contribution in [3.05, 3.63) is 59.1 Å². The maximum Gasteiger partial charge on any atom is 0.128 e. The molecule has 0 saturated heterocycles. The highest BCUT2D eigenvalue weighted by molar-refractivity contribution is 5.27. The number of rotatable bonds is 6. The summed E-state index contributed by atoms with van der Waals surface area (Å²) in [6, 6.07) is 6.25. The average molecular weight is 293 g/mol. The van der Waals surface area contributed by atoms with Crippen molar-refractivity contribution in [1.82, 2.24) is 5.32 Å². The largest absolute Gasteiger partial charge is 0.469 e. The zero-order chi connectivity index (χ0) is 15.4. The van der Waals surface area contributed by atoms with Gasteiger partial charge >= 0.3 is 0 Å². The van der Waals surface area contributed by atoms with Crippen LogP contribution in [0.3, 0.4) is 0 Å². The molecule has 2 rings (SSSR count). The van der Waals surface area contributed by atoms with E-state index in [0.29, 0.717) is 11.1 Å². The second kappa shape index (κ2) is 6.85. The van der Waals surface area contributed by atoms with Crippen LogP contribution in [0.15, 0.2) is 34.9 Å². The molecule has 1 N–H and O–H groups in total. The summed E-state index contributed by atoms with van der Waals surface area (Å²) < 4.78 is 32.8. The van der Waals surface area contributed by atoms with Crippen molar-refractivity contribution in [3.63, 3.8) is 0 Å². The normalized spacial score (nSPS) is 14.1. The topological polar surface area (TPSA) is 25.2 Å². The lowest BCUT2D eigenvalue weighted by Crippen LogP contribution is -2.30. The fraction of sp³-hybridized carbons (Fsp3) is 0.412. The third kappa shape index (κ3) is 4.14. The van der Waals surface area contributed by atoms with Crippen LogP contribution in [-0.4, -0.2) is 6.04 Å². The Hall–Kier alpha value is -1.68. The van der Waals surface area contributed by atoms with Crippen molar-refractivity contribution >= 4 is 0 Å². The van der Waals surface area contributed by atoms with Gasteiger partial charge in [0.1, 0.15) is 17.4 Å². The van der Waals surface area contributed by atoms with Gasteiger partial charge in [-0.15, -0.1) is 0 Å². The molecule has 4 heteroatoms. The van der Waals surface area contributed by atoms with Gasteiger partial charge < -0.3 is 9.73 Å². The second-order valence-corrected chi connectivity index (χ2v) is 5.53. The third-order valence-corrected chi connectivity index (χ3v) is 3.68. The molecule has 1 aromatic carbocycles. The second-order valence-electron chi connectivity index (χ2n) is 5.53. The molecule has 114 valence electrons. The molecule has 0 spiro atoms. The number of aryl methyl sites for hydroxylation is 2. The van der Waals surface area contributed by atoms with Gasteiger partial charge in [-0.3, -0.25) is 0 Å². The molecule has 2 aromatic rings. The first-order chi connectivity index (χ1) is 9.97. The van der Waals surface area contributed by atoms with E-state index < -0.39 is 0 Å². The van der Waals surface area contributed by atoms with Crippen molar-refractivity contribution < 1.29 is 13.2 Å². The summed E-state index contributed by atoms with van der Waals surface area (Å²) >= 11 is 0. The summed E-state index contributed by atoms with van der Waals surface area (Å²) in [4.78, 5) is 0. The van der Waals surface area contributed by atoms with E-state index >= 15 is 0 Å². The summed E-state index contributed by atoms with van der Waals surface area (Å²) in [6.07, 6.45) is 3.34. The first kappa shape index (κ1) is 15.7. The molecule has 0 bridgehead atoms. The maximum atomic E-state index is 13.9. The van der Waals surface area contributed by atoms with Crippen LogP contribution in [0.5, 0.6) is 0 Å². The first-order valence-electron chi connectivity index (χ1n) is 7.21. The van der Waals surface area contributed by atoms with Crippen LogP contribution in [0.2, 0.25) is 0 Å². The predicted molar refractivity (Wildman–Crippen MR) is 79.1 cm³/mol. The van der Waals surface area contributed by atoms with Crippen LogP contribution in [0.4, 0.5) is 8.78 Å². The number of hydrogen-bond donors (Lipinski definition) is 1. The molecular formula is C17H21F2NO. The van der Waals surface area contributed by atoms with E-state index in [1.54, 1.807) is 13.2 Å². The van der Waals surface area contributed by atoms with Gasteiger partial charge in [0.2, 0.25) is 0 Å². The van der Waals surface area contributed by atoms with Crippen LogP contribution in [0.25, 0.3) is 0 Å². The van der Waals surface area contributed by atoms with Crippen molar-refractivity contribution in [2.45, 2.75) is 45.7 Å². The molecular weight excluding hydrogens is 272 g/mol. The van der Waals surface area contributed by atoms with Gasteiger partial charge in [-0.1, -0.05) is 0 Å². The number of hydrogen-bond acceptors (Lipinski definition) is 2. The van der Waals surface area contributed by atoms with Crippen molar-refractivity contribution in [1.29, 1.82) is 0 Å². The minimum atomic E-state index is -0.372. The van der Waals surface area contributed by atoms with Crippen LogP contribution >= 0.6 is 0 Å². The zero-order valence-corrected chi connectivity index (χ0v) is 12.6. The molecule has 2 unspecified atom stereocenters. The molecule has 0 aliphatic heterocycles. The Bertz CT molecular complexity index is 581. The van der Waals surface area contributed by atoms with Crippen LogP contribution in [-0.2, 0) is 6.42 Å². The Labute approximate surface area is 124 Å². The van der Waals surface area contributed by atoms with Gasteiger partial charge in [0.25, 0.3) is 0 Å². The fourth-order valence-electron chi connectivity index (χ4n) is 2.41. The smallest absolute Gasteiger partial charge is 0.128 e. The van der Waals surface area contributed by atoms with Crippen molar-refractivity contribution in [2.24, 2.45) is 0 Å². The van der Waals surface area contributed by atoms with Gasteiger partial charge in [-0.2, -0.15) is 0 Å². The highest BCUT2D eigenvalue weighted by Crippen LogP contribution is 2.21. The first-order valence-corrected chi connectivity index (χ1v) is 7.21. The van der Waals surface area contributed by atoms with E-state index in [-0.39, 0.29) is 23.7 Å². The molecule has 2 atom stereocenters. The van der Waals surface area contributed by atoms with Gasteiger partial charge in [0, 0.05) is 24.1 Å². The zero-order valence-electron chi connectivity index (χ0n) is 12.6. The monoisotopic (exact) mass is 293 g/mol. The predicted octanol–water partition coefficient (Wildman–Crippen LogP) is 4.54.